The third kappa shape index (κ3) is 2.68. The summed E-state index contributed by atoms with van der Waals surface area (Å²) in [7, 11) is 0. The molecule has 5 nitrogen and oxygen atoms in total. The molecular weight excluding hydrogens is 278 g/mol. The molecule has 1 aromatic heterocycles. The van der Waals surface area contributed by atoms with E-state index in [0.29, 0.717) is 12.7 Å². The molecule has 4 rings (SSSR count). The van der Waals surface area contributed by atoms with E-state index in [4.69, 9.17) is 9.47 Å². The van der Waals surface area contributed by atoms with Crippen LogP contribution in [0.25, 0.3) is 0 Å². The molecule has 0 saturated heterocycles. The Morgan fingerprint density at radius 3 is 3.18 bits per heavy atom. The lowest BCUT2D eigenvalue weighted by molar-refractivity contribution is 0.174. The van der Waals surface area contributed by atoms with Gasteiger partial charge in [-0.3, -0.25) is 4.90 Å². The average molecular weight is 299 g/mol. The van der Waals surface area contributed by atoms with E-state index < -0.39 is 0 Å². The highest BCUT2D eigenvalue weighted by atomic mass is 16.7. The maximum Gasteiger partial charge on any atom is 0.231 e. The van der Waals surface area contributed by atoms with Gasteiger partial charge in [0, 0.05) is 26.1 Å². The highest BCUT2D eigenvalue weighted by Gasteiger charge is 2.20. The highest BCUT2D eigenvalue weighted by Crippen LogP contribution is 2.33. The Hall–Kier alpha value is -2.01. The van der Waals surface area contributed by atoms with Crippen molar-refractivity contribution in [3.05, 3.63) is 41.5 Å². The molecule has 0 saturated carbocycles. The van der Waals surface area contributed by atoms with Crippen molar-refractivity contribution in [3.63, 3.8) is 0 Å². The maximum absolute atomic E-state index is 5.46. The van der Waals surface area contributed by atoms with E-state index in [0.717, 1.165) is 44.0 Å². The standard InChI is InChI=1S/C17H21N3O2/c1-12(6-13-2-3-16-17(7-13)22-11-21-16)8-20-5-4-14-15(9-20)19-10-18-14/h2-3,7,10,12H,4-6,8-9,11H2,1H3,(H,18,19). The molecule has 1 N–H and O–H groups in total. The van der Waals surface area contributed by atoms with Crippen LogP contribution >= 0.6 is 0 Å². The van der Waals surface area contributed by atoms with Crippen molar-refractivity contribution in [1.29, 1.82) is 0 Å². The number of nitrogens with zero attached hydrogens (tertiary/aromatic N) is 2. The molecule has 1 aromatic carbocycles. The van der Waals surface area contributed by atoms with Crippen LogP contribution in [0.2, 0.25) is 0 Å². The van der Waals surface area contributed by atoms with Gasteiger partial charge in [-0.2, -0.15) is 0 Å². The predicted octanol–water partition coefficient (Wildman–Crippen LogP) is 2.38. The number of hydrogen-bond acceptors (Lipinski definition) is 4. The van der Waals surface area contributed by atoms with Crippen LogP contribution < -0.4 is 9.47 Å². The van der Waals surface area contributed by atoms with Crippen LogP contribution in [-0.4, -0.2) is 34.8 Å². The topological polar surface area (TPSA) is 50.4 Å². The number of H-pyrrole nitrogens is 1. The summed E-state index contributed by atoms with van der Waals surface area (Å²) in [5, 5.41) is 0. The lowest BCUT2D eigenvalue weighted by Crippen LogP contribution is -2.34. The first-order chi connectivity index (χ1) is 10.8. The van der Waals surface area contributed by atoms with Gasteiger partial charge < -0.3 is 14.5 Å². The molecular formula is C17H21N3O2. The molecule has 3 heterocycles. The van der Waals surface area contributed by atoms with E-state index >= 15 is 0 Å². The molecule has 2 aliphatic heterocycles. The van der Waals surface area contributed by atoms with Gasteiger partial charge in [0.2, 0.25) is 6.79 Å². The Balaban J connectivity index is 1.36. The van der Waals surface area contributed by atoms with Gasteiger partial charge in [0.1, 0.15) is 0 Å². The SMILES string of the molecule is CC(Cc1ccc2c(c1)OCO2)CN1CCc2nc[nH]c2C1. The maximum atomic E-state index is 5.46. The fraction of sp³-hybridized carbons (Fsp3) is 0.471. The number of fused-ring (bicyclic) bond motifs is 2. The lowest BCUT2D eigenvalue weighted by atomic mass is 9.99. The van der Waals surface area contributed by atoms with Crippen LogP contribution in [-0.2, 0) is 19.4 Å². The van der Waals surface area contributed by atoms with E-state index in [1.807, 2.05) is 12.4 Å². The third-order valence-electron chi connectivity index (χ3n) is 4.45. The van der Waals surface area contributed by atoms with Crippen LogP contribution in [0.3, 0.4) is 0 Å². The number of aromatic amines is 1. The summed E-state index contributed by atoms with van der Waals surface area (Å²) in [5.74, 6) is 2.34. The molecule has 1 atom stereocenters. The number of hydrogen-bond donors (Lipinski definition) is 1. The summed E-state index contributed by atoms with van der Waals surface area (Å²) in [6.07, 6.45) is 3.92. The van der Waals surface area contributed by atoms with Crippen LogP contribution in [0.4, 0.5) is 0 Å². The van der Waals surface area contributed by atoms with Crippen molar-refractivity contribution in [2.45, 2.75) is 26.3 Å². The van der Waals surface area contributed by atoms with Gasteiger partial charge in [-0.25, -0.2) is 4.98 Å². The number of rotatable bonds is 4. The Kier molecular flexibility index (Phi) is 3.50. The molecule has 0 bridgehead atoms. The number of benzene rings is 1. The largest absolute Gasteiger partial charge is 0.454 e. The molecule has 5 heteroatoms. The first kappa shape index (κ1) is 13.6. The quantitative estimate of drug-likeness (QED) is 0.941. The zero-order chi connectivity index (χ0) is 14.9. The molecule has 1 unspecified atom stereocenters. The molecule has 2 aromatic rings. The monoisotopic (exact) mass is 299 g/mol. The van der Waals surface area contributed by atoms with Crippen LogP contribution in [0, 0.1) is 5.92 Å². The van der Waals surface area contributed by atoms with Crippen molar-refractivity contribution in [3.8, 4) is 11.5 Å². The van der Waals surface area contributed by atoms with E-state index in [2.05, 4.69) is 33.9 Å². The van der Waals surface area contributed by atoms with Gasteiger partial charge in [-0.1, -0.05) is 13.0 Å². The summed E-state index contributed by atoms with van der Waals surface area (Å²) < 4.78 is 10.8. The van der Waals surface area contributed by atoms with E-state index in [9.17, 15) is 0 Å². The fourth-order valence-electron chi connectivity index (χ4n) is 3.40. The fourth-order valence-corrected chi connectivity index (χ4v) is 3.40. The Morgan fingerprint density at radius 1 is 1.32 bits per heavy atom. The smallest absolute Gasteiger partial charge is 0.231 e. The van der Waals surface area contributed by atoms with Gasteiger partial charge in [-0.05, 0) is 30.0 Å². The minimum Gasteiger partial charge on any atom is -0.454 e. The summed E-state index contributed by atoms with van der Waals surface area (Å²) in [6, 6.07) is 6.28. The molecule has 0 radical (unpaired) electrons. The van der Waals surface area contributed by atoms with E-state index in [-0.39, 0.29) is 0 Å². The van der Waals surface area contributed by atoms with Gasteiger partial charge in [-0.15, -0.1) is 0 Å². The second-order valence-corrected chi connectivity index (χ2v) is 6.31. The predicted molar refractivity (Wildman–Crippen MR) is 83.0 cm³/mol. The molecule has 2 aliphatic rings. The third-order valence-corrected chi connectivity index (χ3v) is 4.45. The Morgan fingerprint density at radius 2 is 2.23 bits per heavy atom. The number of aromatic nitrogens is 2. The minimum absolute atomic E-state index is 0.342. The minimum atomic E-state index is 0.342. The van der Waals surface area contributed by atoms with Crippen molar-refractivity contribution < 1.29 is 9.47 Å². The second kappa shape index (κ2) is 5.65. The van der Waals surface area contributed by atoms with Gasteiger partial charge in [0.05, 0.1) is 17.7 Å². The first-order valence-corrected chi connectivity index (χ1v) is 7.90. The van der Waals surface area contributed by atoms with Crippen LogP contribution in [0.15, 0.2) is 24.5 Å². The van der Waals surface area contributed by atoms with E-state index in [1.165, 1.54) is 17.0 Å². The number of ether oxygens (including phenoxy) is 2. The number of imidazole rings is 1. The van der Waals surface area contributed by atoms with Crippen molar-refractivity contribution in [2.75, 3.05) is 19.9 Å². The number of nitrogens with one attached hydrogen (secondary N) is 1. The Bertz CT molecular complexity index is 668. The average Bonchev–Trinajstić information content (AvgIpc) is 3.14. The molecule has 0 spiro atoms. The zero-order valence-electron chi connectivity index (χ0n) is 12.8. The summed E-state index contributed by atoms with van der Waals surface area (Å²) in [5.41, 5.74) is 3.83. The molecule has 0 aliphatic carbocycles. The normalized spacial score (nSPS) is 18.2. The second-order valence-electron chi connectivity index (χ2n) is 6.31. The lowest BCUT2D eigenvalue weighted by Gasteiger charge is -2.28. The van der Waals surface area contributed by atoms with Crippen molar-refractivity contribution >= 4 is 0 Å². The molecule has 0 amide bonds. The first-order valence-electron chi connectivity index (χ1n) is 7.90. The van der Waals surface area contributed by atoms with Crippen LogP contribution in [0.1, 0.15) is 23.9 Å². The summed E-state index contributed by atoms with van der Waals surface area (Å²) >= 11 is 0. The van der Waals surface area contributed by atoms with Gasteiger partial charge in [0.15, 0.2) is 11.5 Å². The molecule has 22 heavy (non-hydrogen) atoms. The summed E-state index contributed by atoms with van der Waals surface area (Å²) in [6.45, 7) is 5.85. The van der Waals surface area contributed by atoms with E-state index in [1.54, 1.807) is 0 Å². The van der Waals surface area contributed by atoms with Gasteiger partial charge >= 0.3 is 0 Å². The molecule has 0 fully saturated rings. The highest BCUT2D eigenvalue weighted by molar-refractivity contribution is 5.44. The van der Waals surface area contributed by atoms with Crippen LogP contribution in [0.5, 0.6) is 11.5 Å². The molecule has 116 valence electrons. The van der Waals surface area contributed by atoms with Gasteiger partial charge in [0.25, 0.3) is 0 Å². The Labute approximate surface area is 130 Å². The zero-order valence-corrected chi connectivity index (χ0v) is 12.8. The van der Waals surface area contributed by atoms with Crippen molar-refractivity contribution in [1.82, 2.24) is 14.9 Å². The summed E-state index contributed by atoms with van der Waals surface area (Å²) in [4.78, 5) is 10.1. The van der Waals surface area contributed by atoms with Crippen molar-refractivity contribution in [2.24, 2.45) is 5.92 Å².